The van der Waals surface area contributed by atoms with E-state index in [0.717, 1.165) is 0 Å². The number of hydrogen-bond donors (Lipinski definition) is 3. The molecule has 1 atom stereocenters. The molecule has 9 heteroatoms. The van der Waals surface area contributed by atoms with E-state index < -0.39 is 11.8 Å². The van der Waals surface area contributed by atoms with Crippen LogP contribution in [0.1, 0.15) is 18.4 Å². The number of methoxy groups -OCH3 is 1. The third-order valence-electron chi connectivity index (χ3n) is 4.12. The summed E-state index contributed by atoms with van der Waals surface area (Å²) >= 11 is 12.5. The van der Waals surface area contributed by atoms with Crippen LogP contribution in [0.5, 0.6) is 17.4 Å². The number of rotatable bonds is 4. The Morgan fingerprint density at radius 3 is 2.52 bits per heavy atom. The number of aromatic amines is 1. The van der Waals surface area contributed by atoms with Crippen LogP contribution >= 0.6 is 23.2 Å². The Labute approximate surface area is 164 Å². The lowest BCUT2D eigenvalue weighted by Crippen LogP contribution is -2.05. The number of aromatic hydroxyl groups is 2. The molecule has 0 aliphatic rings. The second kappa shape index (κ2) is 7.46. The lowest BCUT2D eigenvalue weighted by molar-refractivity contribution is -0.119. The number of amides is 1. The monoisotopic (exact) mass is 407 g/mol. The molecule has 1 unspecified atom stereocenters. The minimum absolute atomic E-state index is 0.0120. The molecule has 0 aliphatic carbocycles. The first-order chi connectivity index (χ1) is 12.8. The first-order valence-electron chi connectivity index (χ1n) is 7.84. The fourth-order valence-corrected chi connectivity index (χ4v) is 3.14. The number of halogens is 2. The zero-order valence-corrected chi connectivity index (χ0v) is 15.8. The maximum Gasteiger partial charge on any atom is 0.271 e. The number of phenolic OH excluding ortho intramolecular Hbond substituents is 1. The molecular formula is C18H15Cl2N3O4. The zero-order valence-electron chi connectivity index (χ0n) is 14.3. The van der Waals surface area contributed by atoms with E-state index in [2.05, 4.69) is 15.2 Å². The molecule has 0 fully saturated rings. The highest BCUT2D eigenvalue weighted by atomic mass is 35.5. The summed E-state index contributed by atoms with van der Waals surface area (Å²) in [5.41, 5.74) is 1.01. The van der Waals surface area contributed by atoms with E-state index in [4.69, 9.17) is 27.9 Å². The minimum atomic E-state index is -0.588. The van der Waals surface area contributed by atoms with Crippen molar-refractivity contribution < 1.29 is 19.7 Å². The van der Waals surface area contributed by atoms with Gasteiger partial charge in [-0.05, 0) is 24.6 Å². The summed E-state index contributed by atoms with van der Waals surface area (Å²) in [6, 6.07) is 7.71. The number of H-pyrrole nitrogens is 1. The van der Waals surface area contributed by atoms with Gasteiger partial charge in [-0.2, -0.15) is 0 Å². The van der Waals surface area contributed by atoms with Crippen molar-refractivity contribution in [3.05, 3.63) is 45.9 Å². The van der Waals surface area contributed by atoms with E-state index in [1.54, 1.807) is 19.1 Å². The lowest BCUT2D eigenvalue weighted by atomic mass is 10.0. The van der Waals surface area contributed by atoms with E-state index in [1.165, 1.54) is 25.3 Å². The average Bonchev–Trinajstić information content (AvgIpc) is 2.99. The molecule has 140 valence electrons. The van der Waals surface area contributed by atoms with Gasteiger partial charge in [0.05, 0.1) is 34.0 Å². The Balaban J connectivity index is 1.98. The molecule has 0 bridgehead atoms. The van der Waals surface area contributed by atoms with Gasteiger partial charge in [-0.25, -0.2) is 0 Å². The van der Waals surface area contributed by atoms with Gasteiger partial charge in [0.15, 0.2) is 5.69 Å². The normalized spacial score (nSPS) is 12.6. The van der Waals surface area contributed by atoms with Crippen molar-refractivity contribution in [1.82, 2.24) is 4.98 Å². The van der Waals surface area contributed by atoms with Gasteiger partial charge in [0.25, 0.3) is 5.91 Å². The number of nitrogens with zero attached hydrogens (tertiary/aromatic N) is 2. The quantitative estimate of drug-likeness (QED) is 0.509. The van der Waals surface area contributed by atoms with Gasteiger partial charge in [-0.15, -0.1) is 10.2 Å². The summed E-state index contributed by atoms with van der Waals surface area (Å²) in [5, 5.41) is 27.8. The predicted molar refractivity (Wildman–Crippen MR) is 103 cm³/mol. The van der Waals surface area contributed by atoms with Crippen LogP contribution in [0.25, 0.3) is 10.9 Å². The third kappa shape index (κ3) is 3.56. The molecule has 0 radical (unpaired) electrons. The topological polar surface area (TPSA) is 107 Å². The van der Waals surface area contributed by atoms with Gasteiger partial charge in [-0.1, -0.05) is 35.3 Å². The molecule has 1 aromatic heterocycles. The lowest BCUT2D eigenvalue weighted by Gasteiger charge is -2.07. The highest BCUT2D eigenvalue weighted by molar-refractivity contribution is 6.42. The first kappa shape index (κ1) is 19.0. The van der Waals surface area contributed by atoms with E-state index in [0.29, 0.717) is 22.2 Å². The molecular weight excluding hydrogens is 393 g/mol. The van der Waals surface area contributed by atoms with E-state index in [1.807, 2.05) is 0 Å². The average molecular weight is 408 g/mol. The van der Waals surface area contributed by atoms with Crippen molar-refractivity contribution in [2.75, 3.05) is 7.11 Å². The highest BCUT2D eigenvalue weighted by Crippen LogP contribution is 2.46. The molecule has 27 heavy (non-hydrogen) atoms. The van der Waals surface area contributed by atoms with Crippen LogP contribution in [0.4, 0.5) is 5.69 Å². The number of hydrogen-bond acceptors (Lipinski definition) is 5. The molecule has 0 aliphatic heterocycles. The van der Waals surface area contributed by atoms with E-state index >= 15 is 0 Å². The third-order valence-corrected chi connectivity index (χ3v) is 4.79. The standard InChI is InChI=1S/C18H15Cl2N3O4/c1-8(9-3-5-10(24)6-4-9)17(25)23-22-16-13-14(20)12(27-2)7-11(19)15(13)21-18(16)26/h3-8,21,24,26H,1-2H3. The number of aromatic nitrogens is 1. The zero-order chi connectivity index (χ0) is 19.7. The molecule has 1 heterocycles. The summed E-state index contributed by atoms with van der Waals surface area (Å²) in [6.45, 7) is 1.66. The van der Waals surface area contributed by atoms with Crippen molar-refractivity contribution in [3.8, 4) is 17.4 Å². The van der Waals surface area contributed by atoms with Crippen molar-refractivity contribution in [3.63, 3.8) is 0 Å². The fraction of sp³-hybridized carbons (Fsp3) is 0.167. The second-order valence-electron chi connectivity index (χ2n) is 5.80. The molecule has 3 aromatic rings. The Hall–Kier alpha value is -2.77. The molecule has 1 amide bonds. The van der Waals surface area contributed by atoms with E-state index in [9.17, 15) is 15.0 Å². The van der Waals surface area contributed by atoms with Crippen molar-refractivity contribution >= 4 is 45.7 Å². The number of benzene rings is 2. The number of phenols is 1. The Bertz CT molecular complexity index is 1050. The maximum absolute atomic E-state index is 12.3. The van der Waals surface area contributed by atoms with Crippen LogP contribution in [0.3, 0.4) is 0 Å². The highest BCUT2D eigenvalue weighted by Gasteiger charge is 2.21. The van der Waals surface area contributed by atoms with Crippen LogP contribution in [0.2, 0.25) is 10.0 Å². The molecule has 0 saturated carbocycles. The van der Waals surface area contributed by atoms with Crippen LogP contribution in [-0.2, 0) is 4.79 Å². The van der Waals surface area contributed by atoms with Gasteiger partial charge in [0.2, 0.25) is 5.88 Å². The Morgan fingerprint density at radius 1 is 1.22 bits per heavy atom. The Morgan fingerprint density at radius 2 is 1.89 bits per heavy atom. The number of carbonyl (C=O) groups is 1. The van der Waals surface area contributed by atoms with Crippen molar-refractivity contribution in [2.45, 2.75) is 12.8 Å². The summed E-state index contributed by atoms with van der Waals surface area (Å²) in [5.74, 6) is -1.04. The SMILES string of the molecule is COc1cc(Cl)c2[nH]c(O)c(N=NC(=O)C(C)c3ccc(O)cc3)c2c1Cl. The largest absolute Gasteiger partial charge is 0.508 e. The number of azo groups is 1. The maximum atomic E-state index is 12.3. The molecule has 2 aromatic carbocycles. The van der Waals surface area contributed by atoms with Crippen LogP contribution in [-0.4, -0.2) is 28.2 Å². The second-order valence-corrected chi connectivity index (χ2v) is 6.58. The predicted octanol–water partition coefficient (Wildman–Crippen LogP) is 5.31. The number of ether oxygens (including phenoxy) is 1. The van der Waals surface area contributed by atoms with Crippen molar-refractivity contribution in [2.24, 2.45) is 10.2 Å². The number of fused-ring (bicyclic) bond motifs is 1. The molecule has 7 nitrogen and oxygen atoms in total. The van der Waals surface area contributed by atoms with Gasteiger partial charge >= 0.3 is 0 Å². The molecule has 0 saturated heterocycles. The number of carbonyl (C=O) groups excluding carboxylic acids is 1. The summed E-state index contributed by atoms with van der Waals surface area (Å²) in [4.78, 5) is 15.0. The summed E-state index contributed by atoms with van der Waals surface area (Å²) in [7, 11) is 1.43. The number of nitrogens with one attached hydrogen (secondary N) is 1. The van der Waals surface area contributed by atoms with Crippen LogP contribution in [0, 0.1) is 0 Å². The van der Waals surface area contributed by atoms with Crippen molar-refractivity contribution in [1.29, 1.82) is 0 Å². The molecule has 3 rings (SSSR count). The van der Waals surface area contributed by atoms with Crippen LogP contribution in [0.15, 0.2) is 40.6 Å². The molecule has 0 spiro atoms. The van der Waals surface area contributed by atoms with Crippen LogP contribution < -0.4 is 4.74 Å². The molecule has 3 N–H and O–H groups in total. The van der Waals surface area contributed by atoms with Gasteiger partial charge in [-0.3, -0.25) is 4.79 Å². The van der Waals surface area contributed by atoms with Gasteiger partial charge < -0.3 is 19.9 Å². The van der Waals surface area contributed by atoms with Gasteiger partial charge in [0, 0.05) is 6.07 Å². The fourth-order valence-electron chi connectivity index (χ4n) is 2.58. The van der Waals surface area contributed by atoms with Gasteiger partial charge in [0.1, 0.15) is 11.5 Å². The Kier molecular flexibility index (Phi) is 5.25. The smallest absolute Gasteiger partial charge is 0.271 e. The minimum Gasteiger partial charge on any atom is -0.508 e. The summed E-state index contributed by atoms with van der Waals surface area (Å²) in [6.07, 6.45) is 0. The van der Waals surface area contributed by atoms with E-state index in [-0.39, 0.29) is 27.4 Å². The first-order valence-corrected chi connectivity index (χ1v) is 8.60. The summed E-state index contributed by atoms with van der Waals surface area (Å²) < 4.78 is 5.16.